The van der Waals surface area contributed by atoms with Crippen LogP contribution in [0.1, 0.15) is 71.1 Å². The van der Waals surface area contributed by atoms with Crippen LogP contribution in [0.15, 0.2) is 0 Å². The molecule has 0 fully saturated rings. The lowest BCUT2D eigenvalue weighted by molar-refractivity contribution is -0.175. The highest BCUT2D eigenvalue weighted by Crippen LogP contribution is 2.18. The second-order valence-electron chi connectivity index (χ2n) is 5.78. The predicted octanol–water partition coefficient (Wildman–Crippen LogP) is 1.53. The Morgan fingerprint density at radius 2 is 1.25 bits per heavy atom. The zero-order valence-electron chi connectivity index (χ0n) is 14.3. The zero-order valence-corrected chi connectivity index (χ0v) is 14.3. The minimum Gasteiger partial charge on any atom is -0.481 e. The number of unbranched alkanes of at least 4 members (excludes halogenated alkanes) is 7. The van der Waals surface area contributed by atoms with Crippen molar-refractivity contribution >= 4 is 17.9 Å². The van der Waals surface area contributed by atoms with Gasteiger partial charge in [-0.05, 0) is 6.42 Å². The average molecular weight is 350 g/mol. The number of esters is 1. The Balaban J connectivity index is 0. The first kappa shape index (κ1) is 24.6. The Labute approximate surface area is 142 Å². The van der Waals surface area contributed by atoms with Crippen molar-refractivity contribution in [2.75, 3.05) is 6.61 Å². The predicted molar refractivity (Wildman–Crippen MR) is 86.6 cm³/mol. The number of carboxylic acids is 2. The molecular weight excluding hydrogens is 320 g/mol. The Hall–Kier alpha value is -1.67. The van der Waals surface area contributed by atoms with Crippen LogP contribution in [0.4, 0.5) is 0 Å². The molecule has 0 radical (unpaired) electrons. The molecule has 8 heteroatoms. The molecule has 0 heterocycles. The summed E-state index contributed by atoms with van der Waals surface area (Å²) < 4.78 is 4.84. The van der Waals surface area contributed by atoms with Crippen LogP contribution in [0.5, 0.6) is 0 Å². The number of carbonyl (C=O) groups is 3. The van der Waals surface area contributed by atoms with Crippen LogP contribution in [-0.4, -0.2) is 50.9 Å². The van der Waals surface area contributed by atoms with E-state index in [1.165, 1.54) is 25.7 Å². The van der Waals surface area contributed by atoms with Crippen molar-refractivity contribution in [3.8, 4) is 0 Å². The zero-order chi connectivity index (χ0) is 17.7. The fourth-order valence-corrected chi connectivity index (χ4v) is 2.24. The number of hydrogen-bond acceptors (Lipinski definition) is 5. The fraction of sp³-hybridized carbons (Fsp3) is 0.812. The van der Waals surface area contributed by atoms with Gasteiger partial charge in [-0.15, -0.1) is 0 Å². The van der Waals surface area contributed by atoms with Gasteiger partial charge < -0.3 is 25.5 Å². The van der Waals surface area contributed by atoms with E-state index in [4.69, 9.17) is 14.9 Å². The second kappa shape index (κ2) is 13.7. The van der Waals surface area contributed by atoms with Crippen molar-refractivity contribution < 1.29 is 39.9 Å². The molecule has 0 spiro atoms. The average Bonchev–Trinajstić information content (AvgIpc) is 2.43. The SMILES string of the molecule is CCCCCCCCCCOC(=O)C(O)(CC(=O)O)CC(=O)O.O. The monoisotopic (exact) mass is 350 g/mol. The number of aliphatic carboxylic acids is 2. The van der Waals surface area contributed by atoms with Crippen LogP contribution in [0.2, 0.25) is 0 Å². The molecular formula is C16H30O8. The van der Waals surface area contributed by atoms with Crippen LogP contribution in [0.3, 0.4) is 0 Å². The minimum atomic E-state index is -2.52. The topological polar surface area (TPSA) is 153 Å². The van der Waals surface area contributed by atoms with Gasteiger partial charge in [0.25, 0.3) is 0 Å². The van der Waals surface area contributed by atoms with E-state index in [1.54, 1.807) is 0 Å². The van der Waals surface area contributed by atoms with Crippen molar-refractivity contribution in [3.05, 3.63) is 0 Å². The van der Waals surface area contributed by atoms with Crippen molar-refractivity contribution in [2.45, 2.75) is 76.7 Å². The van der Waals surface area contributed by atoms with Crippen LogP contribution in [-0.2, 0) is 19.1 Å². The molecule has 0 aliphatic heterocycles. The maximum Gasteiger partial charge on any atom is 0.339 e. The van der Waals surface area contributed by atoms with E-state index in [0.717, 1.165) is 19.3 Å². The molecule has 5 N–H and O–H groups in total. The molecule has 0 bridgehead atoms. The van der Waals surface area contributed by atoms with E-state index in [2.05, 4.69) is 6.92 Å². The molecule has 0 aliphatic rings. The molecule has 0 aromatic rings. The Morgan fingerprint density at radius 3 is 1.67 bits per heavy atom. The molecule has 8 nitrogen and oxygen atoms in total. The number of aliphatic hydroxyl groups is 1. The third-order valence-electron chi connectivity index (χ3n) is 3.50. The number of carboxylic acid groups (broad SMARTS) is 2. The van der Waals surface area contributed by atoms with Gasteiger partial charge in [0.1, 0.15) is 0 Å². The summed E-state index contributed by atoms with van der Waals surface area (Å²) in [5.74, 6) is -4.11. The number of rotatable bonds is 14. The number of carbonyl (C=O) groups excluding carboxylic acids is 1. The standard InChI is InChI=1S/C16H28O7.H2O/c1-2-3-4-5-6-7-8-9-10-23-15(21)16(22,11-13(17)18)12-14(19)20;/h22H,2-12H2,1H3,(H,17,18)(H,19,20);1H2. The van der Waals surface area contributed by atoms with E-state index in [-0.39, 0.29) is 12.1 Å². The van der Waals surface area contributed by atoms with Gasteiger partial charge in [0.05, 0.1) is 19.4 Å². The van der Waals surface area contributed by atoms with Gasteiger partial charge in [-0.1, -0.05) is 51.9 Å². The van der Waals surface area contributed by atoms with Gasteiger partial charge in [-0.3, -0.25) is 9.59 Å². The van der Waals surface area contributed by atoms with Crippen molar-refractivity contribution in [2.24, 2.45) is 0 Å². The Kier molecular flexibility index (Phi) is 14.1. The summed E-state index contributed by atoms with van der Waals surface area (Å²) in [5, 5.41) is 27.3. The molecule has 24 heavy (non-hydrogen) atoms. The highest BCUT2D eigenvalue weighted by atomic mass is 16.5. The molecule has 0 rings (SSSR count). The minimum absolute atomic E-state index is 0. The molecule has 0 saturated carbocycles. The molecule has 0 aliphatic carbocycles. The molecule has 0 saturated heterocycles. The summed E-state index contributed by atoms with van der Waals surface area (Å²) in [7, 11) is 0. The van der Waals surface area contributed by atoms with Gasteiger partial charge in [0.15, 0.2) is 5.60 Å². The van der Waals surface area contributed by atoms with Gasteiger partial charge in [0.2, 0.25) is 0 Å². The van der Waals surface area contributed by atoms with E-state index < -0.39 is 36.4 Å². The summed E-state index contributed by atoms with van der Waals surface area (Å²) in [6, 6.07) is 0. The van der Waals surface area contributed by atoms with Crippen LogP contribution >= 0.6 is 0 Å². The summed E-state index contributed by atoms with van der Waals surface area (Å²) in [4.78, 5) is 33.1. The molecule has 0 aromatic heterocycles. The molecule has 0 unspecified atom stereocenters. The summed E-state index contributed by atoms with van der Waals surface area (Å²) in [6.07, 6.45) is 6.49. The Bertz CT molecular complexity index is 364. The Morgan fingerprint density at radius 1 is 0.833 bits per heavy atom. The normalized spacial score (nSPS) is 10.8. The van der Waals surface area contributed by atoms with Crippen LogP contribution < -0.4 is 0 Å². The lowest BCUT2D eigenvalue weighted by atomic mass is 9.96. The van der Waals surface area contributed by atoms with Crippen LogP contribution in [0.25, 0.3) is 0 Å². The highest BCUT2D eigenvalue weighted by molar-refractivity contribution is 5.89. The highest BCUT2D eigenvalue weighted by Gasteiger charge is 2.42. The summed E-state index contributed by atoms with van der Waals surface area (Å²) in [5.41, 5.74) is -2.52. The van der Waals surface area contributed by atoms with Crippen molar-refractivity contribution in [1.29, 1.82) is 0 Å². The molecule has 0 amide bonds. The molecule has 142 valence electrons. The first-order valence-corrected chi connectivity index (χ1v) is 8.15. The third-order valence-corrected chi connectivity index (χ3v) is 3.50. The van der Waals surface area contributed by atoms with Crippen molar-refractivity contribution in [1.82, 2.24) is 0 Å². The lowest BCUT2D eigenvalue weighted by Crippen LogP contribution is -2.44. The van der Waals surface area contributed by atoms with E-state index in [0.29, 0.717) is 6.42 Å². The number of ether oxygens (including phenoxy) is 1. The van der Waals surface area contributed by atoms with Gasteiger partial charge in [-0.25, -0.2) is 4.79 Å². The van der Waals surface area contributed by atoms with Gasteiger partial charge in [-0.2, -0.15) is 0 Å². The second-order valence-corrected chi connectivity index (χ2v) is 5.78. The first-order chi connectivity index (χ1) is 10.8. The van der Waals surface area contributed by atoms with Gasteiger partial charge in [0, 0.05) is 0 Å². The van der Waals surface area contributed by atoms with E-state index >= 15 is 0 Å². The number of hydrogen-bond donors (Lipinski definition) is 3. The lowest BCUT2D eigenvalue weighted by Gasteiger charge is -2.22. The van der Waals surface area contributed by atoms with Crippen LogP contribution in [0, 0.1) is 0 Å². The van der Waals surface area contributed by atoms with E-state index in [1.807, 2.05) is 0 Å². The molecule has 0 aromatic carbocycles. The maximum absolute atomic E-state index is 11.7. The fourth-order valence-electron chi connectivity index (χ4n) is 2.24. The maximum atomic E-state index is 11.7. The quantitative estimate of drug-likeness (QED) is 0.317. The van der Waals surface area contributed by atoms with Crippen molar-refractivity contribution in [3.63, 3.8) is 0 Å². The third kappa shape index (κ3) is 11.8. The summed E-state index contributed by atoms with van der Waals surface area (Å²) >= 11 is 0. The summed E-state index contributed by atoms with van der Waals surface area (Å²) in [6.45, 7) is 2.21. The molecule has 0 atom stereocenters. The largest absolute Gasteiger partial charge is 0.481 e. The smallest absolute Gasteiger partial charge is 0.339 e. The van der Waals surface area contributed by atoms with E-state index in [9.17, 15) is 19.5 Å². The first-order valence-electron chi connectivity index (χ1n) is 8.15. The van der Waals surface area contributed by atoms with Gasteiger partial charge >= 0.3 is 17.9 Å².